The minimum Gasteiger partial charge on any atom is -0.455 e. The fourth-order valence-corrected chi connectivity index (χ4v) is 2.55. The highest BCUT2D eigenvalue weighted by Crippen LogP contribution is 2.22. The van der Waals surface area contributed by atoms with Gasteiger partial charge in [0.2, 0.25) is 0 Å². The molecule has 0 fully saturated rings. The van der Waals surface area contributed by atoms with E-state index in [4.69, 9.17) is 4.74 Å². The van der Waals surface area contributed by atoms with E-state index in [0.717, 1.165) is 9.35 Å². The first-order valence-corrected chi connectivity index (χ1v) is 7.35. The van der Waals surface area contributed by atoms with Crippen LogP contribution in [0.3, 0.4) is 0 Å². The van der Waals surface area contributed by atoms with Crippen LogP contribution < -0.4 is 5.32 Å². The third-order valence-electron chi connectivity index (χ3n) is 2.28. The Kier molecular flexibility index (Phi) is 5.25. The maximum atomic E-state index is 11.6. The minimum absolute atomic E-state index is 0.150. The third kappa shape index (κ3) is 4.75. The highest BCUT2D eigenvalue weighted by molar-refractivity contribution is 9.11. The van der Waals surface area contributed by atoms with Gasteiger partial charge in [0.25, 0.3) is 5.91 Å². The van der Waals surface area contributed by atoms with E-state index >= 15 is 0 Å². The van der Waals surface area contributed by atoms with Gasteiger partial charge in [-0.1, -0.05) is 41.7 Å². The summed E-state index contributed by atoms with van der Waals surface area (Å²) >= 11 is 4.53. The van der Waals surface area contributed by atoms with Gasteiger partial charge in [0.05, 0.1) is 16.4 Å². The van der Waals surface area contributed by atoms with Gasteiger partial charge in [-0.2, -0.15) is 0 Å². The van der Waals surface area contributed by atoms with Crippen molar-refractivity contribution >= 4 is 44.3 Å². The van der Waals surface area contributed by atoms with Gasteiger partial charge in [0.1, 0.15) is 0 Å². The number of nitrogens with one attached hydrogen (secondary N) is 1. The maximum absolute atomic E-state index is 11.6. The smallest absolute Gasteiger partial charge is 0.310 e. The largest absolute Gasteiger partial charge is 0.455 e. The van der Waals surface area contributed by atoms with E-state index in [1.165, 1.54) is 11.3 Å². The van der Waals surface area contributed by atoms with Gasteiger partial charge < -0.3 is 4.74 Å². The molecule has 1 heterocycles. The number of anilines is 1. The van der Waals surface area contributed by atoms with Crippen molar-refractivity contribution in [2.75, 3.05) is 11.9 Å². The van der Waals surface area contributed by atoms with Crippen LogP contribution in [0.25, 0.3) is 0 Å². The number of ether oxygens (including phenoxy) is 1. The molecule has 20 heavy (non-hydrogen) atoms. The quantitative estimate of drug-likeness (QED) is 0.838. The van der Waals surface area contributed by atoms with E-state index in [0.29, 0.717) is 5.13 Å². The second kappa shape index (κ2) is 7.16. The standard InChI is InChI=1S/C13H11BrN2O3S/c14-10-7-15-13(20-10)16-11(17)8-19-12(18)6-9-4-2-1-3-5-9/h1-5,7H,6,8H2,(H,15,16,17). The lowest BCUT2D eigenvalue weighted by Gasteiger charge is -2.04. The minimum atomic E-state index is -0.438. The number of carbonyl (C=O) groups is 2. The number of benzene rings is 1. The lowest BCUT2D eigenvalue weighted by atomic mass is 10.2. The molecule has 0 saturated carbocycles. The second-order valence-electron chi connectivity index (χ2n) is 3.84. The van der Waals surface area contributed by atoms with Crippen molar-refractivity contribution in [1.29, 1.82) is 0 Å². The lowest BCUT2D eigenvalue weighted by Crippen LogP contribution is -2.21. The van der Waals surface area contributed by atoms with Crippen LogP contribution >= 0.6 is 27.3 Å². The average Bonchev–Trinajstić information content (AvgIpc) is 2.83. The molecule has 0 radical (unpaired) electrons. The Morgan fingerprint density at radius 3 is 2.70 bits per heavy atom. The van der Waals surface area contributed by atoms with E-state index in [1.54, 1.807) is 6.20 Å². The third-order valence-corrected chi connectivity index (χ3v) is 3.67. The molecule has 1 amide bonds. The topological polar surface area (TPSA) is 68.3 Å². The number of hydrogen-bond acceptors (Lipinski definition) is 5. The highest BCUT2D eigenvalue weighted by atomic mass is 79.9. The first kappa shape index (κ1) is 14.7. The molecule has 2 aromatic rings. The van der Waals surface area contributed by atoms with Crippen molar-refractivity contribution in [3.05, 3.63) is 45.9 Å². The molecule has 104 valence electrons. The summed E-state index contributed by atoms with van der Waals surface area (Å²) in [7, 11) is 0. The molecule has 0 unspecified atom stereocenters. The van der Waals surface area contributed by atoms with Crippen molar-refractivity contribution < 1.29 is 14.3 Å². The van der Waals surface area contributed by atoms with Crippen molar-refractivity contribution in [3.8, 4) is 0 Å². The summed E-state index contributed by atoms with van der Waals surface area (Å²) in [6.45, 7) is -0.317. The van der Waals surface area contributed by atoms with Crippen LogP contribution in [0.4, 0.5) is 5.13 Å². The molecule has 1 aromatic carbocycles. The Bertz CT molecular complexity index is 601. The Balaban J connectivity index is 1.74. The van der Waals surface area contributed by atoms with Gasteiger partial charge in [0, 0.05) is 0 Å². The van der Waals surface area contributed by atoms with Crippen molar-refractivity contribution in [2.24, 2.45) is 0 Å². The zero-order valence-corrected chi connectivity index (χ0v) is 12.7. The highest BCUT2D eigenvalue weighted by Gasteiger charge is 2.10. The van der Waals surface area contributed by atoms with Crippen LogP contribution in [0.1, 0.15) is 5.56 Å². The van der Waals surface area contributed by atoms with Gasteiger partial charge in [-0.15, -0.1) is 0 Å². The van der Waals surface area contributed by atoms with Crippen LogP contribution in [-0.2, 0) is 20.7 Å². The number of halogens is 1. The van der Waals surface area contributed by atoms with Gasteiger partial charge in [-0.3, -0.25) is 14.9 Å². The monoisotopic (exact) mass is 354 g/mol. The summed E-state index contributed by atoms with van der Waals surface area (Å²) < 4.78 is 5.71. The van der Waals surface area contributed by atoms with E-state index < -0.39 is 11.9 Å². The first-order valence-electron chi connectivity index (χ1n) is 5.74. The number of rotatable bonds is 5. The number of aromatic nitrogens is 1. The van der Waals surface area contributed by atoms with E-state index in [2.05, 4.69) is 26.2 Å². The SMILES string of the molecule is O=C(COC(=O)Cc1ccccc1)Nc1ncc(Br)s1. The van der Waals surface area contributed by atoms with Crippen LogP contribution in [-0.4, -0.2) is 23.5 Å². The fraction of sp³-hybridized carbons (Fsp3) is 0.154. The summed E-state index contributed by atoms with van der Waals surface area (Å²) in [5.74, 6) is -0.847. The molecule has 1 N–H and O–H groups in total. The van der Waals surface area contributed by atoms with Crippen LogP contribution in [0.5, 0.6) is 0 Å². The van der Waals surface area contributed by atoms with Crippen LogP contribution in [0.2, 0.25) is 0 Å². The fourth-order valence-electron chi connectivity index (χ4n) is 1.43. The molecule has 0 bridgehead atoms. The molecule has 5 nitrogen and oxygen atoms in total. The van der Waals surface area contributed by atoms with Gasteiger partial charge in [0.15, 0.2) is 11.7 Å². The first-order chi connectivity index (χ1) is 9.63. The molecule has 0 aliphatic carbocycles. The molecule has 0 aliphatic heterocycles. The average molecular weight is 355 g/mol. The second-order valence-corrected chi connectivity index (χ2v) is 6.25. The molecular weight excluding hydrogens is 344 g/mol. The number of thiazole rings is 1. The van der Waals surface area contributed by atoms with Gasteiger partial charge >= 0.3 is 5.97 Å². The predicted octanol–water partition coefficient (Wildman–Crippen LogP) is 2.63. The van der Waals surface area contributed by atoms with Gasteiger partial charge in [-0.05, 0) is 21.5 Å². The van der Waals surface area contributed by atoms with Crippen molar-refractivity contribution in [2.45, 2.75) is 6.42 Å². The number of amides is 1. The van der Waals surface area contributed by atoms with Gasteiger partial charge in [-0.25, -0.2) is 4.98 Å². The predicted molar refractivity (Wildman–Crippen MR) is 79.5 cm³/mol. The summed E-state index contributed by atoms with van der Waals surface area (Å²) in [5.41, 5.74) is 0.849. The summed E-state index contributed by atoms with van der Waals surface area (Å²) in [4.78, 5) is 27.0. The Labute approximate surface area is 128 Å². The molecule has 0 saturated heterocycles. The molecule has 7 heteroatoms. The van der Waals surface area contributed by atoms with Crippen molar-refractivity contribution in [3.63, 3.8) is 0 Å². The Morgan fingerprint density at radius 1 is 1.30 bits per heavy atom. The summed E-state index contributed by atoms with van der Waals surface area (Å²) in [6.07, 6.45) is 1.73. The van der Waals surface area contributed by atoms with Crippen molar-refractivity contribution in [1.82, 2.24) is 4.98 Å². The number of nitrogens with zero attached hydrogens (tertiary/aromatic N) is 1. The molecule has 0 aliphatic rings. The number of hydrogen-bond donors (Lipinski definition) is 1. The summed E-state index contributed by atoms with van der Waals surface area (Å²) in [5, 5.41) is 3.00. The molecule has 2 rings (SSSR count). The van der Waals surface area contributed by atoms with Crippen LogP contribution in [0, 0.1) is 0 Å². The van der Waals surface area contributed by atoms with Crippen LogP contribution in [0.15, 0.2) is 40.3 Å². The molecule has 0 atom stereocenters. The normalized spacial score (nSPS) is 10.1. The number of carbonyl (C=O) groups excluding carboxylic acids is 2. The van der Waals surface area contributed by atoms with E-state index in [9.17, 15) is 9.59 Å². The summed E-state index contributed by atoms with van der Waals surface area (Å²) in [6, 6.07) is 9.21. The maximum Gasteiger partial charge on any atom is 0.310 e. The van der Waals surface area contributed by atoms with E-state index in [1.807, 2.05) is 30.3 Å². The Hall–Kier alpha value is -1.73. The lowest BCUT2D eigenvalue weighted by molar-refractivity contribution is -0.146. The zero-order chi connectivity index (χ0) is 14.4. The Morgan fingerprint density at radius 2 is 2.05 bits per heavy atom. The molecule has 1 aromatic heterocycles. The number of esters is 1. The van der Waals surface area contributed by atoms with E-state index in [-0.39, 0.29) is 13.0 Å². The molecule has 0 spiro atoms. The molecular formula is C13H11BrN2O3S. The zero-order valence-electron chi connectivity index (χ0n) is 10.3.